The second-order valence-corrected chi connectivity index (χ2v) is 51.0. The van der Waals surface area contributed by atoms with Gasteiger partial charge >= 0.3 is 29.6 Å². The van der Waals surface area contributed by atoms with Gasteiger partial charge in [0.05, 0.1) is 131 Å². The average molecular weight is 2340 g/mol. The van der Waals surface area contributed by atoms with Gasteiger partial charge in [-0.15, -0.1) is 0 Å². The number of sulfonamides is 2. The van der Waals surface area contributed by atoms with Crippen LogP contribution in [0.15, 0.2) is 103 Å². The van der Waals surface area contributed by atoms with E-state index in [2.05, 4.69) is 9.44 Å². The molecule has 4 heterocycles. The molecule has 0 unspecified atom stereocenters. The monoisotopic (exact) mass is 2330 g/mol. The molecule has 45 heteroatoms. The van der Waals surface area contributed by atoms with Crippen molar-refractivity contribution in [3.05, 3.63) is 207 Å². The van der Waals surface area contributed by atoms with E-state index >= 15 is 0 Å². The summed E-state index contributed by atoms with van der Waals surface area (Å²) in [5.41, 5.74) is 6.17. The van der Waals surface area contributed by atoms with Crippen molar-refractivity contribution in [2.45, 2.75) is 283 Å². The first kappa shape index (κ1) is 122. The summed E-state index contributed by atoms with van der Waals surface area (Å²) >= 11 is 3.90. The number of sulfone groups is 1. The maximum absolute atomic E-state index is 14.9. The molecule has 6 N–H and O–H groups in total. The first-order chi connectivity index (χ1) is 63.1. The van der Waals surface area contributed by atoms with E-state index in [0.717, 1.165) is 30.5 Å². The number of hydrogen-bond acceptors (Lipinski definition) is 25. The number of hydrogen-bond donors (Lipinski definition) is 5. The molecule has 0 aromatic heterocycles. The van der Waals surface area contributed by atoms with Gasteiger partial charge in [-0.1, -0.05) is 76.9 Å². The minimum atomic E-state index is -4.20. The second-order valence-electron chi connectivity index (χ2n) is 37.2. The van der Waals surface area contributed by atoms with E-state index in [4.69, 9.17) is 73.6 Å². The van der Waals surface area contributed by atoms with Crippen LogP contribution in [0.1, 0.15) is 218 Å². The zero-order valence-electron chi connectivity index (χ0n) is 77.7. The Labute approximate surface area is 869 Å². The van der Waals surface area contributed by atoms with Crippen molar-refractivity contribution < 1.29 is 178 Å². The van der Waals surface area contributed by atoms with Crippen molar-refractivity contribution in [1.82, 2.24) is 0 Å². The van der Waals surface area contributed by atoms with E-state index < -0.39 is 179 Å². The molecule has 7 aromatic carbocycles. The van der Waals surface area contributed by atoms with Crippen molar-refractivity contribution in [3.8, 4) is 17.2 Å². The van der Waals surface area contributed by atoms with Crippen LogP contribution in [-0.4, -0.2) is 189 Å². The van der Waals surface area contributed by atoms with Crippen LogP contribution in [0, 0.1) is 66.4 Å². The maximum atomic E-state index is 14.9. The molecule has 5 aliphatic carbocycles. The molecule has 0 radical (unpaired) electrons. The van der Waals surface area contributed by atoms with Gasteiger partial charge in [0.25, 0.3) is 0 Å². The van der Waals surface area contributed by atoms with Crippen LogP contribution >= 0.6 is 55.9 Å². The minimum Gasteiger partial charge on any atom is -0.748 e. The van der Waals surface area contributed by atoms with E-state index in [1.807, 2.05) is 103 Å². The number of benzene rings is 7. The van der Waals surface area contributed by atoms with E-state index in [0.29, 0.717) is 90.0 Å². The zero-order valence-corrected chi connectivity index (χ0v) is 88.9. The largest absolute Gasteiger partial charge is 1.00 e. The summed E-state index contributed by atoms with van der Waals surface area (Å²) in [6, 6.07) is 24.9. The average Bonchev–Trinajstić information content (AvgIpc) is 1.57. The fraction of sp³-hybridized carbons (Fsp3) is 0.558. The van der Waals surface area contributed by atoms with Gasteiger partial charge in [0.15, 0.2) is 67.9 Å². The standard InChI is InChI=1S/C23H25F3INO5S.C21H24F3NO5S.C16H22O4S.C14H11F3INO.C9H15ClO4S.C9H16O5S.3CH4.Na/c1-22(2)32-12-15(33-22)11-23(6-7-23)34(29,30)28-21-16(20(26)18(25)10-19(21)31-3)8-13-4-5-14(27)9-17(13)24;1-12-3-4-13(16(22)7-12)8-15-19(24)17(23)9-18(30-2)20(15)25-31(28,29)21(5-6-21)10-14(27)11-26;1-15(2)19-11-14(20-15)10-16(8-9-16)21(17,18)12-13-6-4-3-5-7-13;1-20-12-6-11(16)13(17)9(14(12)19)4-7-2-3-8(18)5-10(7)15;2*1-8(2)13-6-7(14-8)5-9(3-4-9)15(10,11)12;;;;/h4-5,9-10,15,28H,6-8,11-12H2,1-3H3;3-4,7,9,14,25-27H,5-6,8,10-11H2,1-2H3;3-7,14H,8-12H2,1-2H3;2-3,5-6H,4,19H2,1H3;7H,3-6H2,1-2H3;7H,3-6H2,1-2H3,(H,10,11,12);3*1H4;/q;;;;;;;;;+1/p-1/t15-;2*14-;;2*7-;;;;/m111.11..../s1. The summed E-state index contributed by atoms with van der Waals surface area (Å²) in [5.74, 6) is -11.9. The van der Waals surface area contributed by atoms with E-state index in [1.54, 1.807) is 52.8 Å². The van der Waals surface area contributed by atoms with Gasteiger partial charge in [-0.2, -0.15) is 0 Å². The molecule has 4 saturated heterocycles. The molecule has 9 aliphatic rings. The molecule has 16 rings (SSSR count). The van der Waals surface area contributed by atoms with E-state index in [-0.39, 0.29) is 190 Å². The van der Waals surface area contributed by atoms with Gasteiger partial charge in [-0.3, -0.25) is 9.44 Å². The molecule has 5 atom stereocenters. The van der Waals surface area contributed by atoms with Crippen LogP contribution in [0.25, 0.3) is 0 Å². The number of aryl methyl sites for hydroxylation is 1. The number of halogens is 12. The Balaban J connectivity index is 0.000000233. The molecular formula is C95H124ClF9I2N3NaO24S5. The Morgan fingerprint density at radius 1 is 0.457 bits per heavy atom. The fourth-order valence-electron chi connectivity index (χ4n) is 16.5. The normalized spacial score (nSPS) is 21.2. The number of aliphatic hydroxyl groups is 2. The Kier molecular flexibility index (Phi) is 41.3. The maximum Gasteiger partial charge on any atom is 1.00 e. The molecule has 5 saturated carbocycles. The zero-order chi connectivity index (χ0) is 101. The van der Waals surface area contributed by atoms with Crippen LogP contribution in [0.2, 0.25) is 0 Å². The second kappa shape index (κ2) is 47.5. The Bertz CT molecular complexity index is 6060. The van der Waals surface area contributed by atoms with Crippen LogP contribution in [0.3, 0.4) is 0 Å². The molecule has 0 amide bonds. The predicted octanol–water partition coefficient (Wildman–Crippen LogP) is 15.9. The van der Waals surface area contributed by atoms with Crippen LogP contribution in [0.4, 0.5) is 56.6 Å². The van der Waals surface area contributed by atoms with Crippen molar-refractivity contribution in [2.24, 2.45) is 0 Å². The number of aliphatic hydroxyl groups excluding tert-OH is 2. The van der Waals surface area contributed by atoms with Crippen molar-refractivity contribution >= 4 is 122 Å². The summed E-state index contributed by atoms with van der Waals surface area (Å²) < 4.78 is 323. The van der Waals surface area contributed by atoms with Crippen LogP contribution < -0.4 is 58.9 Å². The van der Waals surface area contributed by atoms with Gasteiger partial charge < -0.3 is 72.6 Å². The molecule has 7 aromatic rings. The molecule has 140 heavy (non-hydrogen) atoms. The Hall–Kier alpha value is -5.23. The fourth-order valence-corrected chi connectivity index (χ4v) is 25.7. The number of nitrogens with one attached hydrogen (secondary N) is 2. The third-order valence-electron chi connectivity index (χ3n) is 24.9. The SMILES string of the molecule is C.C.C.CC1(C)OC[C@@H](CC2(S(=O)(=O)Cc3ccccc3)CC2)O1.CC1(C)OC[C@@H](CC2(S(=O)(=O)Cl)CC2)O1.CC1(C)OC[C@@H](CC2(S(=O)(=O)[O-])CC2)O1.COc1cc(F)c(F)c(Cc2ccc(C)cc2F)c1NS(=O)(=O)C1(C[C@@H](O)CO)CC1.COc1cc(F)c(F)c(Cc2ccc(I)cc2F)c1N.COc1cc(F)c(F)c(Cc2ccc(I)cc2F)c1NS(=O)(=O)C1(C[C@@H]2COC(C)(C)O2)CC1.[Na+]. The minimum absolute atomic E-state index is 0. The first-order valence-electron chi connectivity index (χ1n) is 43.4. The van der Waals surface area contributed by atoms with Gasteiger partial charge in [0.2, 0.25) is 29.1 Å². The first-order valence-corrected chi connectivity index (χ1v) is 53.9. The Morgan fingerprint density at radius 2 is 0.779 bits per heavy atom. The summed E-state index contributed by atoms with van der Waals surface area (Å²) in [5, 5.41) is 18.8. The molecule has 0 bridgehead atoms. The molecule has 0 spiro atoms. The number of nitrogen functional groups attached to an aromatic ring is 1. The number of ether oxygens (including phenoxy) is 11. The van der Waals surface area contributed by atoms with Crippen molar-refractivity contribution in [3.63, 3.8) is 0 Å². The third-order valence-corrected chi connectivity index (χ3v) is 37.5. The van der Waals surface area contributed by atoms with Gasteiger partial charge in [0.1, 0.15) is 44.8 Å². The van der Waals surface area contributed by atoms with E-state index in [1.165, 1.54) is 57.7 Å². The van der Waals surface area contributed by atoms with Crippen molar-refractivity contribution in [2.75, 3.05) is 69.5 Å². The third kappa shape index (κ3) is 30.3. The van der Waals surface area contributed by atoms with Crippen LogP contribution in [-0.2, 0) is 112 Å². The smallest absolute Gasteiger partial charge is 0.748 e. The Morgan fingerprint density at radius 3 is 1.10 bits per heavy atom. The number of methoxy groups -OCH3 is 3. The number of rotatable bonds is 31. The molecule has 4 aliphatic heterocycles. The number of nitrogens with two attached hydrogens (primary N) is 1. The van der Waals surface area contributed by atoms with Gasteiger partial charge in [0, 0.05) is 72.0 Å². The van der Waals surface area contributed by atoms with Crippen LogP contribution in [0.5, 0.6) is 17.2 Å². The molecule has 778 valence electrons. The van der Waals surface area contributed by atoms with E-state index in [9.17, 15) is 91.3 Å². The van der Waals surface area contributed by atoms with Crippen molar-refractivity contribution in [1.29, 1.82) is 0 Å². The topological polar surface area (TPSA) is 386 Å². The van der Waals surface area contributed by atoms with Gasteiger partial charge in [-0.25, -0.2) is 81.6 Å². The summed E-state index contributed by atoms with van der Waals surface area (Å²) in [4.78, 5) is 0. The quantitative estimate of drug-likeness (QED) is 0.00673. The summed E-state index contributed by atoms with van der Waals surface area (Å²) in [7, 11) is -9.99. The summed E-state index contributed by atoms with van der Waals surface area (Å²) in [6.45, 7) is 17.0. The summed E-state index contributed by atoms with van der Waals surface area (Å²) in [6.07, 6.45) is 2.99. The molecule has 27 nitrogen and oxygen atoms in total. The van der Waals surface area contributed by atoms with Gasteiger partial charge in [-0.05, 0) is 262 Å². The predicted molar refractivity (Wildman–Crippen MR) is 525 cm³/mol. The molecule has 9 fully saturated rings. The molecular weight excluding hydrogens is 2210 g/mol. The number of anilines is 3.